The van der Waals surface area contributed by atoms with Crippen LogP contribution in [-0.2, 0) is 7.05 Å². The molecule has 0 bridgehead atoms. The second-order valence-electron chi connectivity index (χ2n) is 3.07. The molecule has 0 aliphatic heterocycles. The zero-order chi connectivity index (χ0) is 9.59. The summed E-state index contributed by atoms with van der Waals surface area (Å²) in [4.78, 5) is 0. The highest BCUT2D eigenvalue weighted by Crippen LogP contribution is 2.23. The zero-order valence-electron chi connectivity index (χ0n) is 7.50. The van der Waals surface area contributed by atoms with E-state index in [1.807, 2.05) is 6.92 Å². The lowest BCUT2D eigenvalue weighted by Gasteiger charge is -1.95. The van der Waals surface area contributed by atoms with E-state index in [0.717, 1.165) is 11.1 Å². The van der Waals surface area contributed by atoms with Crippen LogP contribution in [-0.4, -0.2) is 9.78 Å². The van der Waals surface area contributed by atoms with E-state index in [9.17, 15) is 4.39 Å². The summed E-state index contributed by atoms with van der Waals surface area (Å²) in [6.45, 7) is 1.89. The third kappa shape index (κ3) is 0.983. The molecule has 1 aromatic heterocycles. The fourth-order valence-corrected chi connectivity index (χ4v) is 1.37. The molecule has 0 saturated heterocycles. The maximum absolute atomic E-state index is 13.4. The molecule has 0 atom stereocenters. The Labute approximate surface area is 75.0 Å². The number of aryl methyl sites for hydroxylation is 2. The van der Waals surface area contributed by atoms with Gasteiger partial charge in [0.1, 0.15) is 5.52 Å². The van der Waals surface area contributed by atoms with E-state index < -0.39 is 5.82 Å². The minimum absolute atomic E-state index is 0.144. The van der Waals surface area contributed by atoms with Crippen molar-refractivity contribution in [2.45, 2.75) is 6.92 Å². The summed E-state index contributed by atoms with van der Waals surface area (Å²) in [5.74, 6) is -0.429. The maximum atomic E-state index is 13.4. The average molecular weight is 179 g/mol. The average Bonchev–Trinajstić information content (AvgIpc) is 2.38. The predicted octanol–water partition coefficient (Wildman–Crippen LogP) is 1.60. The molecular formula is C9H10FN3. The van der Waals surface area contributed by atoms with Gasteiger partial charge in [-0.05, 0) is 19.1 Å². The number of aromatic nitrogens is 2. The number of anilines is 1. The summed E-state index contributed by atoms with van der Waals surface area (Å²) in [7, 11) is 1.78. The number of benzene rings is 1. The van der Waals surface area contributed by atoms with Crippen LogP contribution < -0.4 is 5.73 Å². The molecule has 0 aliphatic rings. The number of nitrogen functional groups attached to an aromatic ring is 1. The Morgan fingerprint density at radius 3 is 2.85 bits per heavy atom. The van der Waals surface area contributed by atoms with Gasteiger partial charge in [-0.3, -0.25) is 4.68 Å². The molecule has 68 valence electrons. The van der Waals surface area contributed by atoms with Crippen LogP contribution in [0.5, 0.6) is 0 Å². The van der Waals surface area contributed by atoms with Gasteiger partial charge in [0.25, 0.3) is 0 Å². The van der Waals surface area contributed by atoms with Gasteiger partial charge in [0.05, 0.1) is 5.69 Å². The van der Waals surface area contributed by atoms with Crippen molar-refractivity contribution in [1.29, 1.82) is 0 Å². The first-order valence-electron chi connectivity index (χ1n) is 3.98. The molecule has 0 amide bonds. The van der Waals surface area contributed by atoms with E-state index in [-0.39, 0.29) is 5.69 Å². The van der Waals surface area contributed by atoms with E-state index in [0.29, 0.717) is 5.52 Å². The quantitative estimate of drug-likeness (QED) is 0.624. The SMILES string of the molecule is Cc1c2ccc(N)c(F)c2nn1C. The largest absolute Gasteiger partial charge is 0.396 e. The summed E-state index contributed by atoms with van der Waals surface area (Å²) in [5.41, 5.74) is 6.85. The minimum Gasteiger partial charge on any atom is -0.396 e. The van der Waals surface area contributed by atoms with Crippen molar-refractivity contribution in [3.05, 3.63) is 23.6 Å². The van der Waals surface area contributed by atoms with Crippen molar-refractivity contribution in [2.24, 2.45) is 7.05 Å². The van der Waals surface area contributed by atoms with Gasteiger partial charge >= 0.3 is 0 Å². The summed E-state index contributed by atoms with van der Waals surface area (Å²) >= 11 is 0. The summed E-state index contributed by atoms with van der Waals surface area (Å²) in [6.07, 6.45) is 0. The van der Waals surface area contributed by atoms with Crippen LogP contribution in [0.2, 0.25) is 0 Å². The van der Waals surface area contributed by atoms with Crippen LogP contribution in [0.15, 0.2) is 12.1 Å². The Morgan fingerprint density at radius 1 is 1.46 bits per heavy atom. The number of fused-ring (bicyclic) bond motifs is 1. The van der Waals surface area contributed by atoms with Gasteiger partial charge in [0.2, 0.25) is 0 Å². The van der Waals surface area contributed by atoms with Crippen molar-refractivity contribution in [3.63, 3.8) is 0 Å². The van der Waals surface area contributed by atoms with Gasteiger partial charge < -0.3 is 5.73 Å². The highest BCUT2D eigenvalue weighted by molar-refractivity contribution is 5.84. The monoisotopic (exact) mass is 179 g/mol. The molecule has 2 rings (SSSR count). The van der Waals surface area contributed by atoms with Gasteiger partial charge in [-0.15, -0.1) is 0 Å². The highest BCUT2D eigenvalue weighted by Gasteiger charge is 2.10. The Balaban J connectivity index is 2.94. The second kappa shape index (κ2) is 2.45. The molecule has 0 spiro atoms. The molecule has 13 heavy (non-hydrogen) atoms. The number of nitrogens with zero attached hydrogens (tertiary/aromatic N) is 2. The molecule has 0 radical (unpaired) electrons. The van der Waals surface area contributed by atoms with Gasteiger partial charge in [-0.25, -0.2) is 4.39 Å². The Morgan fingerprint density at radius 2 is 2.15 bits per heavy atom. The lowest BCUT2D eigenvalue weighted by molar-refractivity contribution is 0.636. The molecule has 1 aromatic carbocycles. The summed E-state index contributed by atoms with van der Waals surface area (Å²) < 4.78 is 15.0. The Bertz CT molecular complexity index is 473. The molecule has 2 N–H and O–H groups in total. The molecule has 4 heteroatoms. The highest BCUT2D eigenvalue weighted by atomic mass is 19.1. The number of halogens is 1. The van der Waals surface area contributed by atoms with E-state index in [2.05, 4.69) is 5.10 Å². The minimum atomic E-state index is -0.429. The van der Waals surface area contributed by atoms with Crippen LogP contribution in [0.25, 0.3) is 10.9 Å². The van der Waals surface area contributed by atoms with Crippen LogP contribution >= 0.6 is 0 Å². The van der Waals surface area contributed by atoms with Crippen LogP contribution in [0.1, 0.15) is 5.69 Å². The van der Waals surface area contributed by atoms with E-state index in [4.69, 9.17) is 5.73 Å². The summed E-state index contributed by atoms with van der Waals surface area (Å²) in [5, 5.41) is 4.85. The second-order valence-corrected chi connectivity index (χ2v) is 3.07. The van der Waals surface area contributed by atoms with Crippen molar-refractivity contribution >= 4 is 16.6 Å². The van der Waals surface area contributed by atoms with Crippen molar-refractivity contribution < 1.29 is 4.39 Å². The fourth-order valence-electron chi connectivity index (χ4n) is 1.37. The Kier molecular flexibility index (Phi) is 1.52. The Hall–Kier alpha value is -1.58. The molecule has 2 aromatic rings. The van der Waals surface area contributed by atoms with Crippen molar-refractivity contribution in [2.75, 3.05) is 5.73 Å². The standard InChI is InChI=1S/C9H10FN3/c1-5-6-3-4-7(11)8(10)9(6)12-13(5)2/h3-4H,11H2,1-2H3. The third-order valence-electron chi connectivity index (χ3n) is 2.27. The van der Waals surface area contributed by atoms with Gasteiger partial charge in [-0.2, -0.15) is 5.10 Å². The van der Waals surface area contributed by atoms with Gasteiger partial charge in [0, 0.05) is 18.1 Å². The van der Waals surface area contributed by atoms with E-state index in [1.165, 1.54) is 0 Å². The molecule has 0 fully saturated rings. The van der Waals surface area contributed by atoms with Crippen LogP contribution in [0.4, 0.5) is 10.1 Å². The smallest absolute Gasteiger partial charge is 0.174 e. The van der Waals surface area contributed by atoms with Crippen molar-refractivity contribution in [3.8, 4) is 0 Å². The predicted molar refractivity (Wildman–Crippen MR) is 49.8 cm³/mol. The molecule has 0 aliphatic carbocycles. The molecule has 3 nitrogen and oxygen atoms in total. The third-order valence-corrected chi connectivity index (χ3v) is 2.27. The van der Waals surface area contributed by atoms with Crippen LogP contribution in [0.3, 0.4) is 0 Å². The zero-order valence-corrected chi connectivity index (χ0v) is 7.50. The van der Waals surface area contributed by atoms with E-state index in [1.54, 1.807) is 23.9 Å². The van der Waals surface area contributed by atoms with E-state index >= 15 is 0 Å². The molecule has 0 unspecified atom stereocenters. The molecule has 1 heterocycles. The number of rotatable bonds is 0. The topological polar surface area (TPSA) is 43.8 Å². The first-order chi connectivity index (χ1) is 6.11. The summed E-state index contributed by atoms with van der Waals surface area (Å²) in [6, 6.07) is 3.35. The lowest BCUT2D eigenvalue weighted by Crippen LogP contribution is -1.92. The van der Waals surface area contributed by atoms with Crippen LogP contribution in [0, 0.1) is 12.7 Å². The maximum Gasteiger partial charge on any atom is 0.174 e. The molecule has 0 saturated carbocycles. The number of hydrogen-bond donors (Lipinski definition) is 1. The lowest BCUT2D eigenvalue weighted by atomic mass is 10.2. The van der Waals surface area contributed by atoms with Gasteiger partial charge in [-0.1, -0.05) is 0 Å². The fraction of sp³-hybridized carbons (Fsp3) is 0.222. The number of nitrogens with two attached hydrogens (primary N) is 1. The first-order valence-corrected chi connectivity index (χ1v) is 3.98. The normalized spacial score (nSPS) is 11.0. The van der Waals surface area contributed by atoms with Gasteiger partial charge in [0.15, 0.2) is 5.82 Å². The molecular weight excluding hydrogens is 169 g/mol. The first kappa shape index (κ1) is 8.04. The van der Waals surface area contributed by atoms with Crippen molar-refractivity contribution in [1.82, 2.24) is 9.78 Å². The number of hydrogen-bond acceptors (Lipinski definition) is 2.